The Labute approximate surface area is 136 Å². The molecule has 0 bridgehead atoms. The Morgan fingerprint density at radius 1 is 0.952 bits per heavy atom. The highest BCUT2D eigenvalue weighted by molar-refractivity contribution is 9.10. The summed E-state index contributed by atoms with van der Waals surface area (Å²) in [5, 5.41) is 0. The Morgan fingerprint density at radius 3 is 2.29 bits per heavy atom. The monoisotopic (exact) mass is 424 g/mol. The minimum atomic E-state index is -4.72. The van der Waals surface area contributed by atoms with Crippen molar-refractivity contribution in [2.75, 3.05) is 0 Å². The molecule has 0 fully saturated rings. The van der Waals surface area contributed by atoms with Crippen molar-refractivity contribution < 1.29 is 22.6 Å². The van der Waals surface area contributed by atoms with E-state index in [-0.39, 0.29) is 10.2 Å². The van der Waals surface area contributed by atoms with Crippen molar-refractivity contribution in [3.8, 4) is 11.5 Å². The van der Waals surface area contributed by atoms with Crippen LogP contribution in [0.2, 0.25) is 0 Å². The molecule has 0 N–H and O–H groups in total. The number of rotatable bonds is 4. The van der Waals surface area contributed by atoms with Gasteiger partial charge in [0.25, 0.3) is 0 Å². The third-order valence-corrected chi connectivity index (χ3v) is 3.87. The summed E-state index contributed by atoms with van der Waals surface area (Å²) in [4.78, 5) is 0. The number of hydrogen-bond donors (Lipinski definition) is 0. The number of alkyl halides is 3. The van der Waals surface area contributed by atoms with Gasteiger partial charge < -0.3 is 9.47 Å². The van der Waals surface area contributed by atoms with Crippen molar-refractivity contribution in [1.82, 2.24) is 0 Å². The van der Waals surface area contributed by atoms with Crippen LogP contribution in [0.4, 0.5) is 13.2 Å². The molecule has 21 heavy (non-hydrogen) atoms. The van der Waals surface area contributed by atoms with Crippen molar-refractivity contribution >= 4 is 31.9 Å². The fourth-order valence-corrected chi connectivity index (χ4v) is 2.39. The Morgan fingerprint density at radius 2 is 1.67 bits per heavy atom. The van der Waals surface area contributed by atoms with Gasteiger partial charge in [-0.05, 0) is 40.2 Å². The van der Waals surface area contributed by atoms with Crippen LogP contribution in [0.1, 0.15) is 5.56 Å². The van der Waals surface area contributed by atoms with Gasteiger partial charge in [-0.2, -0.15) is 0 Å². The Hall–Kier alpha value is -1.21. The maximum Gasteiger partial charge on any atom is 0.573 e. The lowest BCUT2D eigenvalue weighted by atomic mass is 10.2. The van der Waals surface area contributed by atoms with Crippen molar-refractivity contribution in [1.29, 1.82) is 0 Å². The number of benzene rings is 2. The van der Waals surface area contributed by atoms with E-state index in [1.807, 2.05) is 24.3 Å². The molecule has 0 saturated heterocycles. The van der Waals surface area contributed by atoms with Crippen LogP contribution in [0.3, 0.4) is 0 Å². The molecule has 2 rings (SSSR count). The second-order valence-electron chi connectivity index (χ2n) is 4.02. The molecule has 7 heteroatoms. The summed E-state index contributed by atoms with van der Waals surface area (Å²) < 4.78 is 46.9. The summed E-state index contributed by atoms with van der Waals surface area (Å²) in [7, 11) is 0. The molecule has 0 saturated carbocycles. The van der Waals surface area contributed by atoms with Gasteiger partial charge in [-0.3, -0.25) is 0 Å². The quantitative estimate of drug-likeness (QED) is 0.626. The topological polar surface area (TPSA) is 18.5 Å². The molecule has 0 spiro atoms. The SMILES string of the molecule is FC(F)(F)Oc1ccc(OCc2ccccc2Br)cc1Br. The van der Waals surface area contributed by atoms with Gasteiger partial charge in [0.05, 0.1) is 4.47 Å². The van der Waals surface area contributed by atoms with E-state index < -0.39 is 6.36 Å². The van der Waals surface area contributed by atoms with Crippen LogP contribution in [0.15, 0.2) is 51.4 Å². The zero-order chi connectivity index (χ0) is 15.5. The third kappa shape index (κ3) is 4.93. The highest BCUT2D eigenvalue weighted by atomic mass is 79.9. The molecule has 0 heterocycles. The van der Waals surface area contributed by atoms with Gasteiger partial charge in [-0.25, -0.2) is 0 Å². The maximum atomic E-state index is 12.2. The molecule has 0 aromatic heterocycles. The zero-order valence-electron chi connectivity index (χ0n) is 10.5. The molecule has 0 unspecified atom stereocenters. The van der Waals surface area contributed by atoms with E-state index in [2.05, 4.69) is 36.6 Å². The van der Waals surface area contributed by atoms with Crippen LogP contribution in [-0.2, 0) is 6.61 Å². The first-order chi connectivity index (χ1) is 9.85. The number of halogens is 5. The van der Waals surface area contributed by atoms with Crippen molar-refractivity contribution in [3.63, 3.8) is 0 Å². The van der Waals surface area contributed by atoms with E-state index in [1.54, 1.807) is 0 Å². The summed E-state index contributed by atoms with van der Waals surface area (Å²) >= 11 is 6.42. The summed E-state index contributed by atoms with van der Waals surface area (Å²) in [5.74, 6) is 0.128. The van der Waals surface area contributed by atoms with Gasteiger partial charge in [0, 0.05) is 10.0 Å². The molecule has 0 aliphatic heterocycles. The van der Waals surface area contributed by atoms with Crippen molar-refractivity contribution in [2.45, 2.75) is 13.0 Å². The summed E-state index contributed by atoms with van der Waals surface area (Å²) in [6.45, 7) is 0.299. The second kappa shape index (κ2) is 6.70. The highest BCUT2D eigenvalue weighted by Crippen LogP contribution is 2.33. The number of hydrogen-bond acceptors (Lipinski definition) is 2. The van der Waals surface area contributed by atoms with Gasteiger partial charge in [-0.15, -0.1) is 13.2 Å². The highest BCUT2D eigenvalue weighted by Gasteiger charge is 2.31. The summed E-state index contributed by atoms with van der Waals surface area (Å²) in [6.07, 6.45) is -4.72. The van der Waals surface area contributed by atoms with E-state index >= 15 is 0 Å². The van der Waals surface area contributed by atoms with Crippen LogP contribution < -0.4 is 9.47 Å². The molecule has 0 aliphatic rings. The maximum absolute atomic E-state index is 12.2. The van der Waals surface area contributed by atoms with Gasteiger partial charge in [0.1, 0.15) is 18.1 Å². The molecule has 0 amide bonds. The second-order valence-corrected chi connectivity index (χ2v) is 5.73. The largest absolute Gasteiger partial charge is 0.573 e. The predicted molar refractivity (Wildman–Crippen MR) is 79.3 cm³/mol. The average molecular weight is 426 g/mol. The van der Waals surface area contributed by atoms with Crippen LogP contribution >= 0.6 is 31.9 Å². The van der Waals surface area contributed by atoms with Gasteiger partial charge in [0.2, 0.25) is 0 Å². The molecule has 0 radical (unpaired) electrons. The van der Waals surface area contributed by atoms with E-state index in [1.165, 1.54) is 18.2 Å². The van der Waals surface area contributed by atoms with Crippen molar-refractivity contribution in [3.05, 3.63) is 57.0 Å². The fraction of sp³-hybridized carbons (Fsp3) is 0.143. The molecule has 0 atom stereocenters. The molecular formula is C14H9Br2F3O2. The van der Waals surface area contributed by atoms with Gasteiger partial charge in [-0.1, -0.05) is 34.1 Å². The summed E-state index contributed by atoms with van der Waals surface area (Å²) in [6, 6.07) is 11.6. The summed E-state index contributed by atoms with van der Waals surface area (Å²) in [5.41, 5.74) is 0.934. The van der Waals surface area contributed by atoms with Crippen LogP contribution in [0.5, 0.6) is 11.5 Å². The first kappa shape index (κ1) is 16.2. The van der Waals surface area contributed by atoms with Crippen molar-refractivity contribution in [2.24, 2.45) is 0 Å². The average Bonchev–Trinajstić information content (AvgIpc) is 2.39. The van der Waals surface area contributed by atoms with E-state index in [0.29, 0.717) is 12.4 Å². The zero-order valence-corrected chi connectivity index (χ0v) is 13.6. The standard InChI is InChI=1S/C14H9Br2F3O2/c15-11-4-2-1-3-9(11)8-20-10-5-6-13(12(16)7-10)21-14(17,18)19/h1-7H,8H2. The van der Waals surface area contributed by atoms with Crippen LogP contribution in [0.25, 0.3) is 0 Å². The fourth-order valence-electron chi connectivity index (χ4n) is 1.56. The van der Waals surface area contributed by atoms with Crippen LogP contribution in [-0.4, -0.2) is 6.36 Å². The first-order valence-corrected chi connectivity index (χ1v) is 7.35. The molecule has 112 valence electrons. The smallest absolute Gasteiger partial charge is 0.489 e. The minimum absolute atomic E-state index is 0.171. The predicted octanol–water partition coefficient (Wildman–Crippen LogP) is 5.69. The van der Waals surface area contributed by atoms with E-state index in [0.717, 1.165) is 10.0 Å². The molecule has 2 aromatic rings. The van der Waals surface area contributed by atoms with E-state index in [9.17, 15) is 13.2 Å². The lowest BCUT2D eigenvalue weighted by molar-refractivity contribution is -0.274. The lowest BCUT2D eigenvalue weighted by Crippen LogP contribution is -2.17. The molecular weight excluding hydrogens is 417 g/mol. The normalized spacial score (nSPS) is 11.3. The lowest BCUT2D eigenvalue weighted by Gasteiger charge is -2.12. The molecule has 0 aliphatic carbocycles. The van der Waals surface area contributed by atoms with E-state index in [4.69, 9.17) is 4.74 Å². The third-order valence-electron chi connectivity index (χ3n) is 2.48. The van der Waals surface area contributed by atoms with Gasteiger partial charge in [0.15, 0.2) is 0 Å². The number of ether oxygens (including phenoxy) is 2. The van der Waals surface area contributed by atoms with Crippen LogP contribution in [0, 0.1) is 0 Å². The molecule has 2 aromatic carbocycles. The van der Waals surface area contributed by atoms with Gasteiger partial charge >= 0.3 is 6.36 Å². The first-order valence-electron chi connectivity index (χ1n) is 5.76. The Balaban J connectivity index is 2.05. The Bertz CT molecular complexity index is 630. The molecule has 2 nitrogen and oxygen atoms in total. The minimum Gasteiger partial charge on any atom is -0.489 e. The Kier molecular flexibility index (Phi) is 5.16.